The molecule has 19 heavy (non-hydrogen) atoms. The van der Waals surface area contributed by atoms with Crippen molar-refractivity contribution in [2.45, 2.75) is 39.3 Å². The van der Waals surface area contributed by atoms with Gasteiger partial charge in [0.25, 0.3) is 0 Å². The molecule has 3 rings (SSSR count). The van der Waals surface area contributed by atoms with Crippen LogP contribution in [0.4, 0.5) is 0 Å². The van der Waals surface area contributed by atoms with E-state index in [2.05, 4.69) is 23.7 Å². The summed E-state index contributed by atoms with van der Waals surface area (Å²) in [6.45, 7) is 6.32. The quantitative estimate of drug-likeness (QED) is 0.902. The minimum absolute atomic E-state index is 0.390. The third kappa shape index (κ3) is 2.77. The second kappa shape index (κ2) is 5.14. The van der Waals surface area contributed by atoms with E-state index >= 15 is 0 Å². The van der Waals surface area contributed by atoms with Crippen molar-refractivity contribution in [1.29, 1.82) is 0 Å². The molecule has 1 aromatic carbocycles. The van der Waals surface area contributed by atoms with E-state index in [1.807, 2.05) is 18.2 Å². The number of nitrogens with zero attached hydrogens (tertiary/aromatic N) is 2. The van der Waals surface area contributed by atoms with Crippen molar-refractivity contribution in [3.05, 3.63) is 29.0 Å². The van der Waals surface area contributed by atoms with E-state index in [9.17, 15) is 0 Å². The average Bonchev–Trinajstić information content (AvgIpc) is 3.09. The Morgan fingerprint density at radius 1 is 1.42 bits per heavy atom. The molecule has 2 aromatic rings. The number of fused-ring (bicyclic) bond motifs is 1. The Hall–Kier alpha value is -1.06. The van der Waals surface area contributed by atoms with E-state index in [0.717, 1.165) is 40.9 Å². The van der Waals surface area contributed by atoms with Gasteiger partial charge in [0.05, 0.1) is 17.6 Å². The lowest BCUT2D eigenvalue weighted by Gasteiger charge is -2.13. The van der Waals surface area contributed by atoms with E-state index in [1.54, 1.807) is 0 Å². The summed E-state index contributed by atoms with van der Waals surface area (Å²) in [6.07, 6.45) is 2.76. The van der Waals surface area contributed by atoms with E-state index in [-0.39, 0.29) is 0 Å². The number of hydrogen-bond donors (Lipinski definition) is 1. The summed E-state index contributed by atoms with van der Waals surface area (Å²) in [7, 11) is 0. The van der Waals surface area contributed by atoms with Gasteiger partial charge in [-0.25, -0.2) is 4.98 Å². The highest BCUT2D eigenvalue weighted by atomic mass is 35.5. The molecule has 0 aliphatic heterocycles. The zero-order chi connectivity index (χ0) is 13.4. The summed E-state index contributed by atoms with van der Waals surface area (Å²) in [5, 5.41) is 4.29. The fourth-order valence-electron chi connectivity index (χ4n) is 2.53. The standard InChI is InChI=1S/C15H20ClN3/c1-10(2)19-14-7-12(16)5-6-13(14)18-15(19)9-17-8-11-3-4-11/h5-7,10-11,17H,3-4,8-9H2,1-2H3. The normalized spacial score (nSPS) is 15.6. The smallest absolute Gasteiger partial charge is 0.124 e. The molecule has 0 atom stereocenters. The Morgan fingerprint density at radius 3 is 2.89 bits per heavy atom. The van der Waals surface area contributed by atoms with Crippen LogP contribution in [0, 0.1) is 5.92 Å². The van der Waals surface area contributed by atoms with Crippen LogP contribution < -0.4 is 5.32 Å². The van der Waals surface area contributed by atoms with Crippen molar-refractivity contribution in [3.63, 3.8) is 0 Å². The van der Waals surface area contributed by atoms with Crippen molar-refractivity contribution in [1.82, 2.24) is 14.9 Å². The van der Waals surface area contributed by atoms with Crippen LogP contribution in [0.2, 0.25) is 5.02 Å². The molecule has 1 N–H and O–H groups in total. The Labute approximate surface area is 119 Å². The SMILES string of the molecule is CC(C)n1c(CNCC2CC2)nc2ccc(Cl)cc21. The molecule has 0 radical (unpaired) electrons. The minimum Gasteiger partial charge on any atom is -0.324 e. The van der Waals surface area contributed by atoms with E-state index in [1.165, 1.54) is 12.8 Å². The molecule has 1 aromatic heterocycles. The molecule has 0 amide bonds. The molecule has 1 heterocycles. The van der Waals surface area contributed by atoms with Gasteiger partial charge >= 0.3 is 0 Å². The molecule has 1 saturated carbocycles. The Kier molecular flexibility index (Phi) is 3.50. The monoisotopic (exact) mass is 277 g/mol. The van der Waals surface area contributed by atoms with E-state index in [0.29, 0.717) is 6.04 Å². The average molecular weight is 278 g/mol. The predicted molar refractivity (Wildman–Crippen MR) is 79.6 cm³/mol. The predicted octanol–water partition coefficient (Wildman–Crippen LogP) is 3.77. The topological polar surface area (TPSA) is 29.9 Å². The first-order valence-corrected chi connectivity index (χ1v) is 7.40. The Balaban J connectivity index is 1.89. The summed E-state index contributed by atoms with van der Waals surface area (Å²) in [5.74, 6) is 2.00. The molecule has 0 bridgehead atoms. The number of halogens is 1. The number of hydrogen-bond acceptors (Lipinski definition) is 2. The van der Waals surface area contributed by atoms with Gasteiger partial charge in [0.1, 0.15) is 5.82 Å². The lowest BCUT2D eigenvalue weighted by atomic mass is 10.3. The van der Waals surface area contributed by atoms with Gasteiger partial charge in [0, 0.05) is 11.1 Å². The second-order valence-electron chi connectivity index (χ2n) is 5.70. The van der Waals surface area contributed by atoms with E-state index in [4.69, 9.17) is 16.6 Å². The maximum atomic E-state index is 6.10. The minimum atomic E-state index is 0.390. The molecular formula is C15H20ClN3. The van der Waals surface area contributed by atoms with Crippen LogP contribution in [0.1, 0.15) is 38.6 Å². The molecule has 0 spiro atoms. The van der Waals surface area contributed by atoms with Crippen molar-refractivity contribution in [2.24, 2.45) is 5.92 Å². The second-order valence-corrected chi connectivity index (χ2v) is 6.14. The summed E-state index contributed by atoms with van der Waals surface area (Å²) < 4.78 is 2.28. The molecule has 1 fully saturated rings. The van der Waals surface area contributed by atoms with Gasteiger partial charge in [0.15, 0.2) is 0 Å². The molecule has 0 saturated heterocycles. The highest BCUT2D eigenvalue weighted by Crippen LogP contribution is 2.28. The van der Waals surface area contributed by atoms with Crippen LogP contribution in [0.5, 0.6) is 0 Å². The number of aromatic nitrogens is 2. The summed E-state index contributed by atoms with van der Waals surface area (Å²) in [6, 6.07) is 6.30. The molecule has 3 nitrogen and oxygen atoms in total. The van der Waals surface area contributed by atoms with Gasteiger partial charge in [-0.1, -0.05) is 11.6 Å². The lowest BCUT2D eigenvalue weighted by Crippen LogP contribution is -2.20. The molecule has 1 aliphatic carbocycles. The highest BCUT2D eigenvalue weighted by Gasteiger charge is 2.21. The zero-order valence-corrected chi connectivity index (χ0v) is 12.2. The Bertz CT molecular complexity index is 584. The molecule has 1 aliphatic rings. The molecule has 4 heteroatoms. The third-order valence-electron chi connectivity index (χ3n) is 3.65. The van der Waals surface area contributed by atoms with Crippen molar-refractivity contribution in [3.8, 4) is 0 Å². The third-order valence-corrected chi connectivity index (χ3v) is 3.89. The maximum absolute atomic E-state index is 6.10. The van der Waals surface area contributed by atoms with Crippen LogP contribution >= 0.6 is 11.6 Å². The van der Waals surface area contributed by atoms with Crippen LogP contribution in [0.3, 0.4) is 0 Å². The largest absolute Gasteiger partial charge is 0.324 e. The zero-order valence-electron chi connectivity index (χ0n) is 11.5. The van der Waals surface area contributed by atoms with Gasteiger partial charge in [-0.05, 0) is 57.4 Å². The van der Waals surface area contributed by atoms with Gasteiger partial charge in [-0.2, -0.15) is 0 Å². The first-order chi connectivity index (χ1) is 9.15. The van der Waals surface area contributed by atoms with Gasteiger partial charge in [0.2, 0.25) is 0 Å². The van der Waals surface area contributed by atoms with Crippen molar-refractivity contribution >= 4 is 22.6 Å². The number of nitrogens with one attached hydrogen (secondary N) is 1. The van der Waals surface area contributed by atoms with Gasteiger partial charge < -0.3 is 9.88 Å². The number of rotatable bonds is 5. The highest BCUT2D eigenvalue weighted by molar-refractivity contribution is 6.31. The van der Waals surface area contributed by atoms with Crippen LogP contribution in [0.25, 0.3) is 11.0 Å². The lowest BCUT2D eigenvalue weighted by molar-refractivity contribution is 0.545. The summed E-state index contributed by atoms with van der Waals surface area (Å²) in [5.41, 5.74) is 2.16. The fraction of sp³-hybridized carbons (Fsp3) is 0.533. The number of imidazole rings is 1. The van der Waals surface area contributed by atoms with Gasteiger partial charge in [-0.15, -0.1) is 0 Å². The molecular weight excluding hydrogens is 258 g/mol. The number of benzene rings is 1. The van der Waals surface area contributed by atoms with Crippen LogP contribution in [-0.4, -0.2) is 16.1 Å². The maximum Gasteiger partial charge on any atom is 0.124 e. The molecule has 102 valence electrons. The Morgan fingerprint density at radius 2 is 2.21 bits per heavy atom. The summed E-state index contributed by atoms with van der Waals surface area (Å²) >= 11 is 6.10. The first kappa shape index (κ1) is 12.9. The fourth-order valence-corrected chi connectivity index (χ4v) is 2.69. The first-order valence-electron chi connectivity index (χ1n) is 7.02. The van der Waals surface area contributed by atoms with Crippen molar-refractivity contribution < 1.29 is 0 Å². The van der Waals surface area contributed by atoms with Crippen LogP contribution in [0.15, 0.2) is 18.2 Å². The van der Waals surface area contributed by atoms with Gasteiger partial charge in [-0.3, -0.25) is 0 Å². The summed E-state index contributed by atoms with van der Waals surface area (Å²) in [4.78, 5) is 4.73. The molecule has 0 unspecified atom stereocenters. The van der Waals surface area contributed by atoms with Crippen LogP contribution in [-0.2, 0) is 6.54 Å². The van der Waals surface area contributed by atoms with Crippen molar-refractivity contribution in [2.75, 3.05) is 6.54 Å². The van der Waals surface area contributed by atoms with E-state index < -0.39 is 0 Å².